The molecule has 1 aromatic rings. The van der Waals surface area contributed by atoms with Crippen molar-refractivity contribution in [1.29, 1.82) is 0 Å². The van der Waals surface area contributed by atoms with Crippen molar-refractivity contribution in [3.8, 4) is 5.75 Å². The Labute approximate surface area is 168 Å². The molecule has 0 radical (unpaired) electrons. The predicted molar refractivity (Wildman–Crippen MR) is 103 cm³/mol. The maximum Gasteiger partial charge on any atom is 0.342 e. The number of carbonyl (C=O) groups excluding carboxylic acids is 2. The van der Waals surface area contributed by atoms with E-state index in [4.69, 9.17) is 19.7 Å². The van der Waals surface area contributed by atoms with Crippen molar-refractivity contribution in [2.24, 2.45) is 0 Å². The minimum Gasteiger partial charge on any atom is -0.478 e. The highest BCUT2D eigenvalue weighted by molar-refractivity contribution is 5.93. The second-order valence-electron chi connectivity index (χ2n) is 6.50. The normalized spacial score (nSPS) is 16.2. The maximum absolute atomic E-state index is 12.2. The van der Waals surface area contributed by atoms with E-state index >= 15 is 0 Å². The van der Waals surface area contributed by atoms with Crippen LogP contribution in [0.3, 0.4) is 0 Å². The van der Waals surface area contributed by atoms with Crippen LogP contribution < -0.4 is 4.74 Å². The first-order valence-electron chi connectivity index (χ1n) is 8.96. The van der Waals surface area contributed by atoms with E-state index in [1.807, 2.05) is 0 Å². The maximum atomic E-state index is 12.2. The van der Waals surface area contributed by atoms with E-state index in [1.165, 1.54) is 6.92 Å². The van der Waals surface area contributed by atoms with E-state index in [0.717, 1.165) is 19.5 Å². The zero-order valence-corrected chi connectivity index (χ0v) is 16.5. The van der Waals surface area contributed by atoms with Crippen molar-refractivity contribution < 1.29 is 38.9 Å². The fourth-order valence-corrected chi connectivity index (χ4v) is 2.56. The fraction of sp³-hybridized carbons (Fsp3) is 0.400. The van der Waals surface area contributed by atoms with E-state index in [0.29, 0.717) is 18.2 Å². The summed E-state index contributed by atoms with van der Waals surface area (Å²) < 4.78 is 10.6. The lowest BCUT2D eigenvalue weighted by Crippen LogP contribution is -2.30. The van der Waals surface area contributed by atoms with Crippen molar-refractivity contribution in [2.45, 2.75) is 39.3 Å². The largest absolute Gasteiger partial charge is 0.478 e. The molecule has 9 heteroatoms. The average Bonchev–Trinajstić information content (AvgIpc) is 3.09. The molecule has 0 amide bonds. The first-order valence-corrected chi connectivity index (χ1v) is 8.96. The van der Waals surface area contributed by atoms with Gasteiger partial charge in [-0.25, -0.2) is 14.4 Å². The molecule has 1 atom stereocenters. The molecule has 9 nitrogen and oxygen atoms in total. The number of ether oxygens (including phenoxy) is 2. The Morgan fingerprint density at radius 1 is 1.10 bits per heavy atom. The number of rotatable bonds is 6. The van der Waals surface area contributed by atoms with E-state index in [9.17, 15) is 19.2 Å². The van der Waals surface area contributed by atoms with Gasteiger partial charge in [-0.15, -0.1) is 0 Å². The number of aliphatic carboxylic acids is 2. The van der Waals surface area contributed by atoms with Gasteiger partial charge in [0.25, 0.3) is 0 Å². The number of hydrogen-bond donors (Lipinski definition) is 2. The summed E-state index contributed by atoms with van der Waals surface area (Å²) in [6, 6.07) is 7.08. The van der Waals surface area contributed by atoms with Gasteiger partial charge in [-0.05, 0) is 32.4 Å². The number of nitrogens with zero attached hydrogens (tertiary/aromatic N) is 1. The van der Waals surface area contributed by atoms with Crippen LogP contribution in [0, 0.1) is 0 Å². The lowest BCUT2D eigenvalue weighted by atomic mass is 10.2. The summed E-state index contributed by atoms with van der Waals surface area (Å²) in [6.45, 7) is 7.24. The van der Waals surface area contributed by atoms with Crippen LogP contribution in [0.1, 0.15) is 37.6 Å². The van der Waals surface area contributed by atoms with E-state index in [1.54, 1.807) is 24.3 Å². The van der Waals surface area contributed by atoms with Crippen LogP contribution >= 0.6 is 0 Å². The van der Waals surface area contributed by atoms with Crippen LogP contribution in [0.5, 0.6) is 5.75 Å². The number of esters is 2. The molecular weight excluding hydrogens is 382 g/mol. The molecule has 1 aliphatic rings. The molecule has 1 unspecified atom stereocenters. The lowest BCUT2D eigenvalue weighted by Gasteiger charge is -2.20. The Hall–Kier alpha value is -3.20. The molecule has 2 rings (SSSR count). The first-order chi connectivity index (χ1) is 13.6. The summed E-state index contributed by atoms with van der Waals surface area (Å²) in [6.07, 6.45) is 1.84. The number of hydrogen-bond acceptors (Lipinski definition) is 7. The minimum absolute atomic E-state index is 0.106. The predicted octanol–water partition coefficient (Wildman–Crippen LogP) is 1.96. The number of para-hydroxylation sites is 1. The molecule has 0 aromatic heterocycles. The molecule has 1 aliphatic heterocycles. The zero-order valence-electron chi connectivity index (χ0n) is 16.5. The Morgan fingerprint density at radius 2 is 1.69 bits per heavy atom. The molecule has 1 saturated heterocycles. The molecule has 29 heavy (non-hydrogen) atoms. The molecule has 158 valence electrons. The molecule has 0 spiro atoms. The van der Waals surface area contributed by atoms with Crippen LogP contribution in [0.15, 0.2) is 36.4 Å². The van der Waals surface area contributed by atoms with Gasteiger partial charge < -0.3 is 19.7 Å². The van der Waals surface area contributed by atoms with Gasteiger partial charge in [-0.3, -0.25) is 9.69 Å². The third-order valence-electron chi connectivity index (χ3n) is 3.91. The van der Waals surface area contributed by atoms with Crippen LogP contribution in [-0.2, 0) is 19.1 Å². The molecule has 0 saturated carbocycles. The van der Waals surface area contributed by atoms with Gasteiger partial charge in [0, 0.05) is 38.2 Å². The number of likely N-dealkylation sites (tertiary alicyclic amines) is 1. The van der Waals surface area contributed by atoms with Crippen molar-refractivity contribution in [1.82, 2.24) is 4.90 Å². The smallest absolute Gasteiger partial charge is 0.342 e. The molecule has 1 aromatic carbocycles. The molecule has 0 aliphatic carbocycles. The molecule has 0 bridgehead atoms. The summed E-state index contributed by atoms with van der Waals surface area (Å²) in [5, 5.41) is 15.6. The van der Waals surface area contributed by atoms with Crippen molar-refractivity contribution in [3.63, 3.8) is 0 Å². The van der Waals surface area contributed by atoms with Crippen LogP contribution in [0.4, 0.5) is 0 Å². The number of carboxylic acids is 2. The summed E-state index contributed by atoms with van der Waals surface area (Å²) in [5.74, 6) is -3.17. The van der Waals surface area contributed by atoms with Gasteiger partial charge in [0.2, 0.25) is 0 Å². The summed E-state index contributed by atoms with van der Waals surface area (Å²) in [5.41, 5.74) is 0.288. The second-order valence-corrected chi connectivity index (χ2v) is 6.50. The third-order valence-corrected chi connectivity index (χ3v) is 3.91. The van der Waals surface area contributed by atoms with E-state index in [-0.39, 0.29) is 17.4 Å². The first kappa shape index (κ1) is 23.8. The van der Waals surface area contributed by atoms with Crippen molar-refractivity contribution >= 4 is 23.9 Å². The molecule has 1 heterocycles. The Balaban J connectivity index is 0.000000447. The Bertz CT molecular complexity index is 755. The number of carboxylic acid groups (broad SMARTS) is 2. The number of benzene rings is 1. The standard InChI is InChI=1S/C16H21NO4.C4H4O4/c1-11(2)17-9-8-13(10-17)21-16(19)14-6-4-5-7-15(14)20-12(3)18;5-3(6)1-2-4(7)8/h4-7,11,13H,8-10H2,1-3H3;1-2H,(H,5,6)(H,7,8)/b;2-1-. The topological polar surface area (TPSA) is 130 Å². The van der Waals surface area contributed by atoms with E-state index < -0.39 is 23.9 Å². The minimum atomic E-state index is -1.26. The zero-order chi connectivity index (χ0) is 22.0. The van der Waals surface area contributed by atoms with Gasteiger partial charge in [-0.2, -0.15) is 0 Å². The summed E-state index contributed by atoms with van der Waals surface area (Å²) in [7, 11) is 0. The van der Waals surface area contributed by atoms with Crippen LogP contribution in [0.2, 0.25) is 0 Å². The Morgan fingerprint density at radius 3 is 2.17 bits per heavy atom. The van der Waals surface area contributed by atoms with Crippen molar-refractivity contribution in [2.75, 3.05) is 13.1 Å². The SMILES string of the molecule is CC(=O)Oc1ccccc1C(=O)OC1CCN(C(C)C)C1.O=C(O)/C=C\C(=O)O. The van der Waals surface area contributed by atoms with Gasteiger partial charge in [0.15, 0.2) is 0 Å². The highest BCUT2D eigenvalue weighted by Gasteiger charge is 2.28. The highest BCUT2D eigenvalue weighted by Crippen LogP contribution is 2.22. The monoisotopic (exact) mass is 407 g/mol. The molecular formula is C20H25NO8. The summed E-state index contributed by atoms with van der Waals surface area (Å²) in [4.78, 5) is 44.7. The van der Waals surface area contributed by atoms with Gasteiger partial charge >= 0.3 is 23.9 Å². The average molecular weight is 407 g/mol. The van der Waals surface area contributed by atoms with Crippen LogP contribution in [-0.4, -0.2) is 64.2 Å². The highest BCUT2D eigenvalue weighted by atomic mass is 16.6. The third kappa shape index (κ3) is 9.02. The lowest BCUT2D eigenvalue weighted by molar-refractivity contribution is -0.134. The van der Waals surface area contributed by atoms with Crippen molar-refractivity contribution in [3.05, 3.63) is 42.0 Å². The summed E-state index contributed by atoms with van der Waals surface area (Å²) >= 11 is 0. The second kappa shape index (κ2) is 11.6. The Kier molecular flexibility index (Phi) is 9.54. The van der Waals surface area contributed by atoms with E-state index in [2.05, 4.69) is 18.7 Å². The number of carbonyl (C=O) groups is 4. The van der Waals surface area contributed by atoms with Gasteiger partial charge in [0.05, 0.1) is 0 Å². The van der Waals surface area contributed by atoms with Gasteiger partial charge in [-0.1, -0.05) is 12.1 Å². The molecule has 2 N–H and O–H groups in total. The van der Waals surface area contributed by atoms with Crippen LogP contribution in [0.25, 0.3) is 0 Å². The quantitative estimate of drug-likeness (QED) is 0.413. The van der Waals surface area contributed by atoms with Gasteiger partial charge in [0.1, 0.15) is 17.4 Å². The fourth-order valence-electron chi connectivity index (χ4n) is 2.56. The molecule has 1 fully saturated rings.